The molecule has 0 amide bonds. The fourth-order valence-electron chi connectivity index (χ4n) is 1.64. The highest BCUT2D eigenvalue weighted by molar-refractivity contribution is 7.18. The molecule has 0 atom stereocenters. The molecule has 1 heterocycles. The molecule has 0 aliphatic carbocycles. The number of benzene rings is 1. The summed E-state index contributed by atoms with van der Waals surface area (Å²) in [4.78, 5) is 4.41. The SMILES string of the molecule is CNc1cnc(-c2ccc(C(C)(C)C)cc2)s1. The molecule has 1 N–H and O–H groups in total. The van der Waals surface area contributed by atoms with E-state index in [9.17, 15) is 0 Å². The number of nitrogens with one attached hydrogen (secondary N) is 1. The van der Waals surface area contributed by atoms with Gasteiger partial charge >= 0.3 is 0 Å². The van der Waals surface area contributed by atoms with E-state index in [4.69, 9.17) is 0 Å². The predicted molar refractivity (Wildman–Crippen MR) is 75.8 cm³/mol. The molecule has 0 saturated heterocycles. The minimum atomic E-state index is 0.206. The molecule has 0 bridgehead atoms. The molecule has 3 heteroatoms. The van der Waals surface area contributed by atoms with Crippen LogP contribution in [0.5, 0.6) is 0 Å². The third-order valence-corrected chi connectivity index (χ3v) is 3.81. The lowest BCUT2D eigenvalue weighted by Crippen LogP contribution is -2.10. The van der Waals surface area contributed by atoms with Crippen molar-refractivity contribution in [3.8, 4) is 10.6 Å². The minimum Gasteiger partial charge on any atom is -0.379 e. The van der Waals surface area contributed by atoms with Crippen LogP contribution >= 0.6 is 11.3 Å². The number of hydrogen-bond donors (Lipinski definition) is 1. The van der Waals surface area contributed by atoms with Crippen molar-refractivity contribution in [1.29, 1.82) is 0 Å². The number of thiazole rings is 1. The molecule has 0 unspecified atom stereocenters. The summed E-state index contributed by atoms with van der Waals surface area (Å²) in [5.74, 6) is 0. The average Bonchev–Trinajstić information content (AvgIpc) is 2.76. The van der Waals surface area contributed by atoms with Crippen LogP contribution in [0.15, 0.2) is 30.5 Å². The van der Waals surface area contributed by atoms with Crippen LogP contribution in [0.4, 0.5) is 5.00 Å². The van der Waals surface area contributed by atoms with E-state index in [1.807, 2.05) is 13.2 Å². The van der Waals surface area contributed by atoms with E-state index in [1.54, 1.807) is 11.3 Å². The zero-order valence-electron chi connectivity index (χ0n) is 10.7. The van der Waals surface area contributed by atoms with Gasteiger partial charge in [-0.1, -0.05) is 56.4 Å². The molecule has 17 heavy (non-hydrogen) atoms. The molecule has 0 fully saturated rings. The second kappa shape index (κ2) is 4.49. The number of rotatable bonds is 2. The first-order valence-electron chi connectivity index (χ1n) is 5.75. The number of aromatic nitrogens is 1. The molecule has 2 rings (SSSR count). The summed E-state index contributed by atoms with van der Waals surface area (Å²) >= 11 is 1.68. The summed E-state index contributed by atoms with van der Waals surface area (Å²) in [7, 11) is 1.92. The Morgan fingerprint density at radius 1 is 1.12 bits per heavy atom. The molecule has 0 saturated carbocycles. The normalized spacial score (nSPS) is 11.5. The molecule has 0 aliphatic rings. The van der Waals surface area contributed by atoms with Crippen LogP contribution in [0.3, 0.4) is 0 Å². The van der Waals surface area contributed by atoms with Crippen LogP contribution in [-0.2, 0) is 5.41 Å². The third-order valence-electron chi connectivity index (χ3n) is 2.75. The predicted octanol–water partition coefficient (Wildman–Crippen LogP) is 4.15. The van der Waals surface area contributed by atoms with Crippen LogP contribution in [0.25, 0.3) is 10.6 Å². The fraction of sp³-hybridized carbons (Fsp3) is 0.357. The number of anilines is 1. The van der Waals surface area contributed by atoms with Crippen molar-refractivity contribution in [1.82, 2.24) is 4.98 Å². The molecule has 0 aliphatic heterocycles. The van der Waals surface area contributed by atoms with Crippen LogP contribution < -0.4 is 5.32 Å². The van der Waals surface area contributed by atoms with Crippen LogP contribution in [0.1, 0.15) is 26.3 Å². The van der Waals surface area contributed by atoms with Gasteiger partial charge in [-0.05, 0) is 11.0 Å². The van der Waals surface area contributed by atoms with Gasteiger partial charge in [0, 0.05) is 12.6 Å². The van der Waals surface area contributed by atoms with Gasteiger partial charge in [-0.15, -0.1) is 0 Å². The maximum atomic E-state index is 4.41. The maximum absolute atomic E-state index is 4.41. The van der Waals surface area contributed by atoms with Crippen molar-refractivity contribution in [3.63, 3.8) is 0 Å². The topological polar surface area (TPSA) is 24.9 Å². The van der Waals surface area contributed by atoms with E-state index < -0.39 is 0 Å². The average molecular weight is 246 g/mol. The van der Waals surface area contributed by atoms with Gasteiger partial charge in [0.05, 0.1) is 6.20 Å². The van der Waals surface area contributed by atoms with E-state index in [2.05, 4.69) is 55.3 Å². The molecule has 90 valence electrons. The van der Waals surface area contributed by atoms with Gasteiger partial charge in [0.15, 0.2) is 0 Å². The highest BCUT2D eigenvalue weighted by atomic mass is 32.1. The van der Waals surface area contributed by atoms with Crippen molar-refractivity contribution >= 4 is 16.3 Å². The Morgan fingerprint density at radius 2 is 1.76 bits per heavy atom. The van der Waals surface area contributed by atoms with Gasteiger partial charge in [-0.3, -0.25) is 0 Å². The molecule has 2 nitrogen and oxygen atoms in total. The van der Waals surface area contributed by atoms with Gasteiger partial charge in [-0.25, -0.2) is 4.98 Å². The Morgan fingerprint density at radius 3 is 2.24 bits per heavy atom. The summed E-state index contributed by atoms with van der Waals surface area (Å²) < 4.78 is 0. The van der Waals surface area contributed by atoms with E-state index in [0.29, 0.717) is 0 Å². The molecule has 2 aromatic rings. The zero-order chi connectivity index (χ0) is 12.5. The molecule has 0 spiro atoms. The monoisotopic (exact) mass is 246 g/mol. The van der Waals surface area contributed by atoms with Gasteiger partial charge in [0.2, 0.25) is 0 Å². The highest BCUT2D eigenvalue weighted by Crippen LogP contribution is 2.30. The molecule has 0 radical (unpaired) electrons. The van der Waals surface area contributed by atoms with Crippen LogP contribution in [-0.4, -0.2) is 12.0 Å². The lowest BCUT2D eigenvalue weighted by Gasteiger charge is -2.18. The van der Waals surface area contributed by atoms with Crippen molar-refractivity contribution in [2.45, 2.75) is 26.2 Å². The Balaban J connectivity index is 2.29. The second-order valence-electron chi connectivity index (χ2n) is 5.11. The molecule has 1 aromatic carbocycles. The number of hydrogen-bond acceptors (Lipinski definition) is 3. The highest BCUT2D eigenvalue weighted by Gasteiger charge is 2.13. The van der Waals surface area contributed by atoms with Crippen molar-refractivity contribution in [3.05, 3.63) is 36.0 Å². The first kappa shape index (κ1) is 12.1. The summed E-state index contributed by atoms with van der Waals surface area (Å²) in [6.45, 7) is 6.68. The third kappa shape index (κ3) is 2.67. The van der Waals surface area contributed by atoms with Crippen molar-refractivity contribution in [2.75, 3.05) is 12.4 Å². The Labute approximate surface area is 107 Å². The summed E-state index contributed by atoms with van der Waals surface area (Å²) in [5.41, 5.74) is 2.74. The van der Waals surface area contributed by atoms with Crippen LogP contribution in [0.2, 0.25) is 0 Å². The van der Waals surface area contributed by atoms with Crippen molar-refractivity contribution in [2.24, 2.45) is 0 Å². The quantitative estimate of drug-likeness (QED) is 0.861. The van der Waals surface area contributed by atoms with Gasteiger partial charge in [-0.2, -0.15) is 0 Å². The first-order chi connectivity index (χ1) is 8.00. The summed E-state index contributed by atoms with van der Waals surface area (Å²) in [5, 5.41) is 5.27. The van der Waals surface area contributed by atoms with E-state index in [0.717, 1.165) is 10.0 Å². The maximum Gasteiger partial charge on any atom is 0.125 e. The van der Waals surface area contributed by atoms with E-state index >= 15 is 0 Å². The Kier molecular flexibility index (Phi) is 3.20. The molecular weight excluding hydrogens is 228 g/mol. The summed E-state index contributed by atoms with van der Waals surface area (Å²) in [6.07, 6.45) is 1.87. The smallest absolute Gasteiger partial charge is 0.125 e. The lowest BCUT2D eigenvalue weighted by atomic mass is 9.87. The van der Waals surface area contributed by atoms with Gasteiger partial charge in [0.1, 0.15) is 10.0 Å². The van der Waals surface area contributed by atoms with E-state index in [-0.39, 0.29) is 5.41 Å². The summed E-state index contributed by atoms with van der Waals surface area (Å²) in [6, 6.07) is 8.68. The van der Waals surface area contributed by atoms with Crippen LogP contribution in [0, 0.1) is 0 Å². The first-order valence-corrected chi connectivity index (χ1v) is 6.57. The minimum absolute atomic E-state index is 0.206. The second-order valence-corrected chi connectivity index (χ2v) is 6.14. The van der Waals surface area contributed by atoms with Gasteiger partial charge < -0.3 is 5.32 Å². The zero-order valence-corrected chi connectivity index (χ0v) is 11.6. The van der Waals surface area contributed by atoms with Gasteiger partial charge in [0.25, 0.3) is 0 Å². The Bertz CT molecular complexity index is 492. The van der Waals surface area contributed by atoms with E-state index in [1.165, 1.54) is 11.1 Å². The van der Waals surface area contributed by atoms with Crippen molar-refractivity contribution < 1.29 is 0 Å². The standard InChI is InChI=1S/C14H18N2S/c1-14(2,3)11-7-5-10(6-8-11)13-16-9-12(15-4)17-13/h5-9,15H,1-4H3. The largest absolute Gasteiger partial charge is 0.379 e. The molecular formula is C14H18N2S. The lowest BCUT2D eigenvalue weighted by molar-refractivity contribution is 0.590. The molecule has 1 aromatic heterocycles. The number of nitrogens with zero attached hydrogens (tertiary/aromatic N) is 1. The fourth-order valence-corrected chi connectivity index (χ4v) is 2.41. The Hall–Kier alpha value is -1.35.